The summed E-state index contributed by atoms with van der Waals surface area (Å²) in [5, 5.41) is 0. The maximum Gasteiger partial charge on any atom is 0.199 e. The topological polar surface area (TPSA) is 3.01 Å². The third-order valence-electron chi connectivity index (χ3n) is 1.45. The minimum Gasteiger partial charge on any atom is -0.235 e. The van der Waals surface area contributed by atoms with Crippen molar-refractivity contribution < 1.29 is 4.58 Å². The van der Waals surface area contributed by atoms with Crippen LogP contribution in [-0.4, -0.2) is 24.4 Å². The standard InChI is InChI=1S/C9H12N/c1-8-4-6-9(7-5-8)10(2)3/h4-7H,1H2,2-3H3/q+1. The van der Waals surface area contributed by atoms with Gasteiger partial charge in [-0.1, -0.05) is 6.58 Å². The van der Waals surface area contributed by atoms with Crippen molar-refractivity contribution in [1.29, 1.82) is 0 Å². The zero-order chi connectivity index (χ0) is 7.56. The van der Waals surface area contributed by atoms with Crippen LogP contribution in [0.5, 0.6) is 0 Å². The molecule has 1 aliphatic carbocycles. The smallest absolute Gasteiger partial charge is 0.199 e. The van der Waals surface area contributed by atoms with Crippen molar-refractivity contribution in [3.63, 3.8) is 0 Å². The normalized spacial score (nSPS) is 16.2. The van der Waals surface area contributed by atoms with Crippen molar-refractivity contribution >= 4 is 5.71 Å². The highest BCUT2D eigenvalue weighted by atomic mass is 14.9. The summed E-state index contributed by atoms with van der Waals surface area (Å²) in [6.07, 6.45) is 8.13. The van der Waals surface area contributed by atoms with Gasteiger partial charge < -0.3 is 0 Å². The Morgan fingerprint density at radius 2 is 1.60 bits per heavy atom. The second-order valence-electron chi connectivity index (χ2n) is 2.56. The van der Waals surface area contributed by atoms with E-state index >= 15 is 0 Å². The molecule has 0 atom stereocenters. The molecule has 0 aromatic rings. The first-order chi connectivity index (χ1) is 4.70. The van der Waals surface area contributed by atoms with Gasteiger partial charge in [-0.15, -0.1) is 0 Å². The van der Waals surface area contributed by atoms with Crippen molar-refractivity contribution in [2.45, 2.75) is 0 Å². The maximum atomic E-state index is 3.80. The molecule has 0 fully saturated rings. The van der Waals surface area contributed by atoms with Gasteiger partial charge in [-0.2, -0.15) is 0 Å². The minimum absolute atomic E-state index is 1.06. The second kappa shape index (κ2) is 2.65. The first-order valence-corrected chi connectivity index (χ1v) is 3.29. The van der Waals surface area contributed by atoms with Crippen LogP contribution in [0.2, 0.25) is 0 Å². The molecular formula is C9H12N+. The van der Waals surface area contributed by atoms with E-state index in [2.05, 4.69) is 23.3 Å². The zero-order valence-corrected chi connectivity index (χ0v) is 6.46. The molecule has 0 radical (unpaired) electrons. The fraction of sp³-hybridized carbons (Fsp3) is 0.222. The Kier molecular flexibility index (Phi) is 1.86. The van der Waals surface area contributed by atoms with Gasteiger partial charge in [0.25, 0.3) is 0 Å². The van der Waals surface area contributed by atoms with Crippen molar-refractivity contribution in [1.82, 2.24) is 0 Å². The van der Waals surface area contributed by atoms with Crippen molar-refractivity contribution in [2.75, 3.05) is 14.1 Å². The number of rotatable bonds is 0. The highest BCUT2D eigenvalue weighted by Crippen LogP contribution is 2.02. The summed E-state index contributed by atoms with van der Waals surface area (Å²) in [4.78, 5) is 0. The molecule has 0 aliphatic heterocycles. The van der Waals surface area contributed by atoms with E-state index in [1.807, 2.05) is 26.2 Å². The van der Waals surface area contributed by atoms with Crippen LogP contribution in [0.25, 0.3) is 0 Å². The first-order valence-electron chi connectivity index (χ1n) is 3.29. The van der Waals surface area contributed by atoms with E-state index in [0.717, 1.165) is 5.57 Å². The predicted octanol–water partition coefficient (Wildman–Crippen LogP) is 1.38. The molecule has 1 aliphatic rings. The van der Waals surface area contributed by atoms with Crippen LogP contribution >= 0.6 is 0 Å². The Morgan fingerprint density at radius 3 is 2.00 bits per heavy atom. The van der Waals surface area contributed by atoms with Crippen LogP contribution in [0.1, 0.15) is 0 Å². The van der Waals surface area contributed by atoms with Crippen LogP contribution in [0.15, 0.2) is 36.5 Å². The van der Waals surface area contributed by atoms with Gasteiger partial charge in [0, 0.05) is 12.2 Å². The number of hydrogen-bond acceptors (Lipinski definition) is 0. The van der Waals surface area contributed by atoms with Gasteiger partial charge in [0.05, 0.1) is 0 Å². The Morgan fingerprint density at radius 1 is 1.10 bits per heavy atom. The molecule has 0 heterocycles. The number of hydrogen-bond donors (Lipinski definition) is 0. The van der Waals surface area contributed by atoms with E-state index in [9.17, 15) is 0 Å². The lowest BCUT2D eigenvalue weighted by Gasteiger charge is -1.97. The summed E-state index contributed by atoms with van der Waals surface area (Å²) in [6, 6.07) is 0. The van der Waals surface area contributed by atoms with Gasteiger partial charge in [-0.3, -0.25) is 0 Å². The largest absolute Gasteiger partial charge is 0.235 e. The summed E-state index contributed by atoms with van der Waals surface area (Å²) in [5.74, 6) is 0. The van der Waals surface area contributed by atoms with Crippen LogP contribution in [0, 0.1) is 0 Å². The zero-order valence-electron chi connectivity index (χ0n) is 6.46. The van der Waals surface area contributed by atoms with Gasteiger partial charge in [0.15, 0.2) is 5.71 Å². The van der Waals surface area contributed by atoms with Crippen molar-refractivity contribution in [2.24, 2.45) is 0 Å². The van der Waals surface area contributed by atoms with Crippen LogP contribution in [-0.2, 0) is 0 Å². The van der Waals surface area contributed by atoms with Crippen LogP contribution < -0.4 is 0 Å². The van der Waals surface area contributed by atoms with Crippen molar-refractivity contribution in [3.8, 4) is 0 Å². The average Bonchev–Trinajstić information content (AvgIpc) is 1.88. The monoisotopic (exact) mass is 134 g/mol. The van der Waals surface area contributed by atoms with Crippen LogP contribution in [0.4, 0.5) is 0 Å². The molecule has 0 bridgehead atoms. The maximum absolute atomic E-state index is 3.80. The average molecular weight is 134 g/mol. The molecule has 0 unspecified atom stereocenters. The lowest BCUT2D eigenvalue weighted by atomic mass is 10.1. The summed E-state index contributed by atoms with van der Waals surface area (Å²) in [6.45, 7) is 3.80. The first kappa shape index (κ1) is 7.00. The molecular weight excluding hydrogens is 122 g/mol. The molecule has 52 valence electrons. The van der Waals surface area contributed by atoms with E-state index in [1.54, 1.807) is 0 Å². The van der Waals surface area contributed by atoms with Crippen LogP contribution in [0.3, 0.4) is 0 Å². The molecule has 0 aromatic carbocycles. The molecule has 0 amide bonds. The molecule has 0 spiro atoms. The fourth-order valence-corrected chi connectivity index (χ4v) is 0.794. The van der Waals surface area contributed by atoms with E-state index < -0.39 is 0 Å². The quantitative estimate of drug-likeness (QED) is 0.440. The minimum atomic E-state index is 1.06. The van der Waals surface area contributed by atoms with Crippen molar-refractivity contribution in [3.05, 3.63) is 36.5 Å². The van der Waals surface area contributed by atoms with Gasteiger partial charge in [-0.05, 0) is 17.7 Å². The van der Waals surface area contributed by atoms with E-state index in [1.165, 1.54) is 5.71 Å². The van der Waals surface area contributed by atoms with Gasteiger partial charge in [-0.25, -0.2) is 4.58 Å². The van der Waals surface area contributed by atoms with E-state index in [0.29, 0.717) is 0 Å². The lowest BCUT2D eigenvalue weighted by Crippen LogP contribution is -2.09. The number of allylic oxidation sites excluding steroid dienone is 5. The van der Waals surface area contributed by atoms with E-state index in [-0.39, 0.29) is 0 Å². The van der Waals surface area contributed by atoms with E-state index in [4.69, 9.17) is 0 Å². The Balaban J connectivity index is 2.91. The molecule has 0 N–H and O–H groups in total. The molecule has 10 heavy (non-hydrogen) atoms. The highest BCUT2D eigenvalue weighted by Gasteiger charge is 2.01. The van der Waals surface area contributed by atoms with Gasteiger partial charge in [0.2, 0.25) is 0 Å². The molecule has 1 heteroatoms. The summed E-state index contributed by atoms with van der Waals surface area (Å²) < 4.78 is 2.07. The third-order valence-corrected chi connectivity index (χ3v) is 1.45. The van der Waals surface area contributed by atoms with Gasteiger partial charge >= 0.3 is 0 Å². The predicted molar refractivity (Wildman–Crippen MR) is 44.5 cm³/mol. The molecule has 1 rings (SSSR count). The summed E-state index contributed by atoms with van der Waals surface area (Å²) in [5.41, 5.74) is 2.28. The lowest BCUT2D eigenvalue weighted by molar-refractivity contribution is -0.462. The molecule has 0 aromatic heterocycles. The third kappa shape index (κ3) is 1.44. The summed E-state index contributed by atoms with van der Waals surface area (Å²) in [7, 11) is 4.05. The SMILES string of the molecule is C=C1C=CC(=[N+](C)C)C=C1. The number of nitrogens with zero attached hydrogens (tertiary/aromatic N) is 1. The fourth-order valence-electron chi connectivity index (χ4n) is 0.794. The molecule has 1 nitrogen and oxygen atoms in total. The molecule has 0 saturated carbocycles. The second-order valence-corrected chi connectivity index (χ2v) is 2.56. The molecule has 0 saturated heterocycles. The highest BCUT2D eigenvalue weighted by molar-refractivity contribution is 6.02. The Labute approximate surface area is 61.7 Å². The summed E-state index contributed by atoms with van der Waals surface area (Å²) >= 11 is 0. The Hall–Kier alpha value is -1.11. The van der Waals surface area contributed by atoms with Gasteiger partial charge in [0.1, 0.15) is 14.1 Å². The Bertz CT molecular complexity index is 219.